The molecule has 3 aromatic heterocycles. The zero-order chi connectivity index (χ0) is 20.6. The summed E-state index contributed by atoms with van der Waals surface area (Å²) >= 11 is 0. The molecule has 29 heavy (non-hydrogen) atoms. The van der Waals surface area contributed by atoms with Crippen LogP contribution in [0.1, 0.15) is 16.1 Å². The van der Waals surface area contributed by atoms with Crippen LogP contribution in [0, 0.1) is 5.82 Å². The largest absolute Gasteiger partial charge is 0.417 e. The first-order chi connectivity index (χ1) is 13.8. The number of nitrogens with zero attached hydrogens (tertiary/aromatic N) is 4. The number of halogens is 4. The zero-order valence-corrected chi connectivity index (χ0v) is 14.5. The number of hydrogen-bond acceptors (Lipinski definition) is 4. The normalized spacial score (nSPS) is 11.6. The third kappa shape index (κ3) is 3.64. The predicted octanol–water partition coefficient (Wildman–Crippen LogP) is 4.20. The molecule has 0 bridgehead atoms. The lowest BCUT2D eigenvalue weighted by molar-refractivity contribution is -0.137. The van der Waals surface area contributed by atoms with Gasteiger partial charge in [0.1, 0.15) is 11.6 Å². The molecule has 0 unspecified atom stereocenters. The van der Waals surface area contributed by atoms with Crippen molar-refractivity contribution in [1.29, 1.82) is 0 Å². The van der Waals surface area contributed by atoms with Gasteiger partial charge in [0.05, 0.1) is 23.7 Å². The Morgan fingerprint density at radius 3 is 2.48 bits per heavy atom. The van der Waals surface area contributed by atoms with Crippen molar-refractivity contribution in [2.24, 2.45) is 0 Å². The van der Waals surface area contributed by atoms with E-state index in [2.05, 4.69) is 20.4 Å². The number of benzene rings is 1. The van der Waals surface area contributed by atoms with E-state index in [1.54, 1.807) is 0 Å². The molecule has 0 atom stereocenters. The fourth-order valence-corrected chi connectivity index (χ4v) is 2.76. The summed E-state index contributed by atoms with van der Waals surface area (Å²) in [6.07, 6.45) is -2.38. The van der Waals surface area contributed by atoms with Gasteiger partial charge in [0.15, 0.2) is 11.3 Å². The molecule has 3 heterocycles. The van der Waals surface area contributed by atoms with E-state index in [0.29, 0.717) is 0 Å². The van der Waals surface area contributed by atoms with E-state index < -0.39 is 23.5 Å². The van der Waals surface area contributed by atoms with Gasteiger partial charge in [-0.05, 0) is 30.3 Å². The number of imidazole rings is 1. The highest BCUT2D eigenvalue weighted by atomic mass is 19.4. The van der Waals surface area contributed by atoms with Gasteiger partial charge in [0.25, 0.3) is 5.91 Å². The smallest absolute Gasteiger partial charge is 0.305 e. The van der Waals surface area contributed by atoms with E-state index in [0.717, 1.165) is 22.8 Å². The van der Waals surface area contributed by atoms with Crippen LogP contribution >= 0.6 is 0 Å². The molecule has 146 valence electrons. The third-order valence-electron chi connectivity index (χ3n) is 4.07. The first-order valence-corrected chi connectivity index (χ1v) is 8.27. The van der Waals surface area contributed by atoms with Crippen molar-refractivity contribution in [3.8, 4) is 11.3 Å². The number of amides is 1. The fourth-order valence-electron chi connectivity index (χ4n) is 2.76. The van der Waals surface area contributed by atoms with Crippen molar-refractivity contribution in [3.63, 3.8) is 0 Å². The average molecular weight is 401 g/mol. The van der Waals surface area contributed by atoms with Crippen LogP contribution in [-0.2, 0) is 6.18 Å². The molecular weight excluding hydrogens is 390 g/mol. The molecular formula is C19H11F4N5O. The SMILES string of the molecule is O=C(Nc1ccc(F)cn1)c1cnc2ccc(-c3ccccc3C(F)(F)F)nn12. The second-order valence-corrected chi connectivity index (χ2v) is 5.99. The van der Waals surface area contributed by atoms with Crippen molar-refractivity contribution in [1.82, 2.24) is 19.6 Å². The van der Waals surface area contributed by atoms with Crippen LogP contribution < -0.4 is 5.32 Å². The number of nitrogens with one attached hydrogen (secondary N) is 1. The quantitative estimate of drug-likeness (QED) is 0.523. The first-order valence-electron chi connectivity index (χ1n) is 8.27. The third-order valence-corrected chi connectivity index (χ3v) is 4.07. The maximum atomic E-state index is 13.3. The molecule has 10 heteroatoms. The lowest BCUT2D eigenvalue weighted by Gasteiger charge is -2.12. The molecule has 0 saturated heterocycles. The summed E-state index contributed by atoms with van der Waals surface area (Å²) in [5.41, 5.74) is -0.680. The molecule has 0 aliphatic rings. The molecule has 0 saturated carbocycles. The maximum Gasteiger partial charge on any atom is 0.417 e. The Morgan fingerprint density at radius 2 is 1.76 bits per heavy atom. The minimum absolute atomic E-state index is 0.0162. The zero-order valence-electron chi connectivity index (χ0n) is 14.5. The minimum Gasteiger partial charge on any atom is -0.305 e. The summed E-state index contributed by atoms with van der Waals surface area (Å²) in [4.78, 5) is 20.3. The van der Waals surface area contributed by atoms with Gasteiger partial charge in [-0.15, -0.1) is 0 Å². The summed E-state index contributed by atoms with van der Waals surface area (Å²) < 4.78 is 54.1. The Labute approximate surface area is 160 Å². The Bertz CT molecular complexity index is 1200. The number of pyridine rings is 1. The van der Waals surface area contributed by atoms with Gasteiger partial charge >= 0.3 is 6.18 Å². The highest BCUT2D eigenvalue weighted by molar-refractivity contribution is 6.02. The molecule has 6 nitrogen and oxygen atoms in total. The number of aromatic nitrogens is 4. The van der Waals surface area contributed by atoms with E-state index in [9.17, 15) is 22.4 Å². The average Bonchev–Trinajstić information content (AvgIpc) is 3.12. The van der Waals surface area contributed by atoms with Crippen LogP contribution in [-0.4, -0.2) is 25.5 Å². The van der Waals surface area contributed by atoms with Crippen LogP contribution in [0.25, 0.3) is 16.9 Å². The molecule has 1 aromatic carbocycles. The summed E-state index contributed by atoms with van der Waals surface area (Å²) in [5, 5.41) is 6.63. The highest BCUT2D eigenvalue weighted by Gasteiger charge is 2.33. The number of carbonyl (C=O) groups excluding carboxylic acids is 1. The maximum absolute atomic E-state index is 13.3. The topological polar surface area (TPSA) is 72.2 Å². The highest BCUT2D eigenvalue weighted by Crippen LogP contribution is 2.36. The molecule has 1 N–H and O–H groups in total. The molecule has 4 rings (SSSR count). The van der Waals surface area contributed by atoms with Crippen LogP contribution in [0.2, 0.25) is 0 Å². The molecule has 4 aromatic rings. The van der Waals surface area contributed by atoms with E-state index in [1.165, 1.54) is 42.6 Å². The van der Waals surface area contributed by atoms with Gasteiger partial charge in [-0.3, -0.25) is 4.79 Å². The molecule has 0 aliphatic heterocycles. The molecule has 1 amide bonds. The number of fused-ring (bicyclic) bond motifs is 1. The van der Waals surface area contributed by atoms with E-state index in [1.807, 2.05) is 0 Å². The van der Waals surface area contributed by atoms with Crippen molar-refractivity contribution >= 4 is 17.4 Å². The number of carbonyl (C=O) groups is 1. The van der Waals surface area contributed by atoms with Gasteiger partial charge in [-0.1, -0.05) is 18.2 Å². The van der Waals surface area contributed by atoms with Crippen molar-refractivity contribution in [2.75, 3.05) is 5.32 Å². The summed E-state index contributed by atoms with van der Waals surface area (Å²) in [6.45, 7) is 0. The number of alkyl halides is 3. The van der Waals surface area contributed by atoms with Gasteiger partial charge in [-0.25, -0.2) is 18.9 Å². The van der Waals surface area contributed by atoms with Crippen LogP contribution in [0.15, 0.2) is 60.9 Å². The number of anilines is 1. The van der Waals surface area contributed by atoms with Gasteiger partial charge in [-0.2, -0.15) is 18.3 Å². The first kappa shape index (κ1) is 18.5. The molecule has 0 aliphatic carbocycles. The monoisotopic (exact) mass is 401 g/mol. The molecule has 0 fully saturated rings. The lowest BCUT2D eigenvalue weighted by atomic mass is 10.0. The summed E-state index contributed by atoms with van der Waals surface area (Å²) in [5.74, 6) is -1.11. The van der Waals surface area contributed by atoms with Crippen molar-refractivity contribution in [3.05, 3.63) is 78.0 Å². The Morgan fingerprint density at radius 1 is 0.966 bits per heavy atom. The van der Waals surface area contributed by atoms with E-state index in [-0.39, 0.29) is 28.4 Å². The summed E-state index contributed by atoms with van der Waals surface area (Å²) in [7, 11) is 0. The van der Waals surface area contributed by atoms with Crippen LogP contribution in [0.3, 0.4) is 0 Å². The number of rotatable bonds is 3. The molecule has 0 radical (unpaired) electrons. The Balaban J connectivity index is 1.74. The van der Waals surface area contributed by atoms with Crippen molar-refractivity contribution in [2.45, 2.75) is 6.18 Å². The second-order valence-electron chi connectivity index (χ2n) is 5.99. The van der Waals surface area contributed by atoms with Crippen LogP contribution in [0.4, 0.5) is 23.4 Å². The van der Waals surface area contributed by atoms with E-state index >= 15 is 0 Å². The van der Waals surface area contributed by atoms with Gasteiger partial charge in [0.2, 0.25) is 0 Å². The van der Waals surface area contributed by atoms with Gasteiger partial charge in [0, 0.05) is 5.56 Å². The van der Waals surface area contributed by atoms with Crippen LogP contribution in [0.5, 0.6) is 0 Å². The predicted molar refractivity (Wildman–Crippen MR) is 95.6 cm³/mol. The van der Waals surface area contributed by atoms with Crippen molar-refractivity contribution < 1.29 is 22.4 Å². The van der Waals surface area contributed by atoms with E-state index in [4.69, 9.17) is 0 Å². The fraction of sp³-hybridized carbons (Fsp3) is 0.0526. The van der Waals surface area contributed by atoms with Gasteiger partial charge < -0.3 is 5.32 Å². The standard InChI is InChI=1S/C19H11F4N5O/c20-11-5-7-16(24-9-11)26-18(29)15-10-25-17-8-6-14(27-28(15)17)12-3-1-2-4-13(12)19(21,22)23/h1-10H,(H,24,26,29). The lowest BCUT2D eigenvalue weighted by Crippen LogP contribution is -2.16. The Hall–Kier alpha value is -3.82. The minimum atomic E-state index is -4.56. The number of hydrogen-bond donors (Lipinski definition) is 1. The Kier molecular flexibility index (Phi) is 4.45. The summed E-state index contributed by atoms with van der Waals surface area (Å²) in [6, 6.07) is 10.3. The second kappa shape index (κ2) is 6.97. The molecule has 0 spiro atoms.